The van der Waals surface area contributed by atoms with Crippen molar-refractivity contribution in [3.05, 3.63) is 16.2 Å². The van der Waals surface area contributed by atoms with Crippen LogP contribution in [0.25, 0.3) is 10.2 Å². The Morgan fingerprint density at radius 1 is 1.44 bits per heavy atom. The molecule has 0 atom stereocenters. The monoisotopic (exact) mass is 285 g/mol. The smallest absolute Gasteiger partial charge is 0.225 e. The number of rotatable bonds is 4. The van der Waals surface area contributed by atoms with Crippen LogP contribution in [-0.4, -0.2) is 29.2 Å². The second-order valence-corrected chi connectivity index (χ2v) is 6.31. The van der Waals surface area contributed by atoms with Gasteiger partial charge in [-0.2, -0.15) is 0 Å². The molecule has 18 heavy (non-hydrogen) atoms. The molecule has 0 aliphatic carbocycles. The Kier molecular flexibility index (Phi) is 3.75. The number of aromatic nitrogens is 2. The number of methoxy groups -OCH3 is 1. The molecule has 0 spiro atoms. The van der Waals surface area contributed by atoms with Crippen LogP contribution in [0.5, 0.6) is 0 Å². The van der Waals surface area contributed by atoms with Crippen LogP contribution in [-0.2, 0) is 4.74 Å². The molecule has 2 aromatic heterocycles. The first-order valence-corrected chi connectivity index (χ1v) is 6.83. The Hall–Kier alpha value is -0.910. The molecule has 0 radical (unpaired) electrons. The molecular formula is C12H16ClN3OS. The van der Waals surface area contributed by atoms with Crippen molar-refractivity contribution in [1.82, 2.24) is 9.97 Å². The highest BCUT2D eigenvalue weighted by Gasteiger charge is 2.17. The quantitative estimate of drug-likeness (QED) is 0.874. The Balaban J connectivity index is 2.32. The van der Waals surface area contributed by atoms with E-state index in [0.29, 0.717) is 6.54 Å². The molecule has 2 heterocycles. The van der Waals surface area contributed by atoms with E-state index < -0.39 is 0 Å². The standard InChI is InChI=1S/C12H16ClN3OS/c1-7-5-8-9(14-6-12(2,3)17-4)15-11(13)16-10(8)18-7/h5H,6H2,1-4H3,(H,14,15,16). The number of ether oxygens (including phenoxy) is 1. The van der Waals surface area contributed by atoms with Gasteiger partial charge in [0.25, 0.3) is 0 Å². The lowest BCUT2D eigenvalue weighted by atomic mass is 10.1. The van der Waals surface area contributed by atoms with Crippen molar-refractivity contribution in [2.45, 2.75) is 26.4 Å². The van der Waals surface area contributed by atoms with Gasteiger partial charge in [-0.1, -0.05) is 0 Å². The van der Waals surface area contributed by atoms with Gasteiger partial charge in [0, 0.05) is 18.5 Å². The lowest BCUT2D eigenvalue weighted by Crippen LogP contribution is -2.32. The van der Waals surface area contributed by atoms with E-state index in [9.17, 15) is 0 Å². The maximum atomic E-state index is 5.93. The molecule has 0 aromatic carbocycles. The number of fused-ring (bicyclic) bond motifs is 1. The fourth-order valence-electron chi connectivity index (χ4n) is 1.52. The molecule has 0 bridgehead atoms. The van der Waals surface area contributed by atoms with Crippen molar-refractivity contribution in [2.24, 2.45) is 0 Å². The topological polar surface area (TPSA) is 47.0 Å². The molecule has 2 aromatic rings. The van der Waals surface area contributed by atoms with E-state index in [1.807, 2.05) is 20.8 Å². The minimum atomic E-state index is -0.255. The Bertz CT molecular complexity index is 568. The summed E-state index contributed by atoms with van der Waals surface area (Å²) in [6, 6.07) is 2.07. The third kappa shape index (κ3) is 2.91. The van der Waals surface area contributed by atoms with Crippen LogP contribution in [0.4, 0.5) is 5.82 Å². The van der Waals surface area contributed by atoms with Crippen molar-refractivity contribution in [2.75, 3.05) is 19.0 Å². The lowest BCUT2D eigenvalue weighted by Gasteiger charge is -2.23. The zero-order valence-electron chi connectivity index (χ0n) is 10.9. The first-order valence-electron chi connectivity index (χ1n) is 5.64. The third-order valence-electron chi connectivity index (χ3n) is 2.72. The summed E-state index contributed by atoms with van der Waals surface area (Å²) >= 11 is 7.54. The van der Waals surface area contributed by atoms with Crippen LogP contribution in [0.3, 0.4) is 0 Å². The van der Waals surface area contributed by atoms with Crippen molar-refractivity contribution in [3.63, 3.8) is 0 Å². The van der Waals surface area contributed by atoms with Crippen molar-refractivity contribution in [3.8, 4) is 0 Å². The highest BCUT2D eigenvalue weighted by molar-refractivity contribution is 7.18. The van der Waals surface area contributed by atoms with Gasteiger partial charge in [-0.25, -0.2) is 9.97 Å². The zero-order valence-corrected chi connectivity index (χ0v) is 12.4. The number of anilines is 1. The van der Waals surface area contributed by atoms with Gasteiger partial charge >= 0.3 is 0 Å². The number of hydrogen-bond acceptors (Lipinski definition) is 5. The van der Waals surface area contributed by atoms with E-state index in [4.69, 9.17) is 16.3 Å². The third-order valence-corrected chi connectivity index (χ3v) is 3.84. The van der Waals surface area contributed by atoms with Gasteiger partial charge in [-0.15, -0.1) is 11.3 Å². The first-order chi connectivity index (χ1) is 8.41. The molecule has 4 nitrogen and oxygen atoms in total. The van der Waals surface area contributed by atoms with Gasteiger partial charge in [-0.05, 0) is 38.4 Å². The predicted molar refractivity (Wildman–Crippen MR) is 76.7 cm³/mol. The van der Waals surface area contributed by atoms with Crippen LogP contribution in [0.1, 0.15) is 18.7 Å². The second kappa shape index (κ2) is 4.99. The largest absolute Gasteiger partial charge is 0.377 e. The summed E-state index contributed by atoms with van der Waals surface area (Å²) in [7, 11) is 1.69. The average Bonchev–Trinajstić information content (AvgIpc) is 2.66. The molecular weight excluding hydrogens is 270 g/mol. The Labute approximate surface area is 115 Å². The van der Waals surface area contributed by atoms with E-state index in [0.717, 1.165) is 16.0 Å². The molecule has 1 N–H and O–H groups in total. The normalized spacial score (nSPS) is 12.1. The van der Waals surface area contributed by atoms with E-state index in [-0.39, 0.29) is 10.9 Å². The lowest BCUT2D eigenvalue weighted by molar-refractivity contribution is 0.0343. The molecule has 0 fully saturated rings. The number of nitrogens with one attached hydrogen (secondary N) is 1. The summed E-state index contributed by atoms with van der Waals surface area (Å²) in [6.07, 6.45) is 0. The highest BCUT2D eigenvalue weighted by atomic mass is 35.5. The molecule has 98 valence electrons. The number of nitrogens with zero attached hydrogens (tertiary/aromatic N) is 2. The van der Waals surface area contributed by atoms with E-state index in [2.05, 4.69) is 21.4 Å². The summed E-state index contributed by atoms with van der Waals surface area (Å²) in [4.78, 5) is 10.6. The van der Waals surface area contributed by atoms with Gasteiger partial charge in [0.15, 0.2) is 0 Å². The number of hydrogen-bond donors (Lipinski definition) is 1. The van der Waals surface area contributed by atoms with Crippen molar-refractivity contribution < 1.29 is 4.74 Å². The molecule has 0 amide bonds. The van der Waals surface area contributed by atoms with Crippen molar-refractivity contribution in [1.29, 1.82) is 0 Å². The highest BCUT2D eigenvalue weighted by Crippen LogP contribution is 2.29. The Morgan fingerprint density at radius 3 is 2.83 bits per heavy atom. The minimum absolute atomic E-state index is 0.255. The maximum Gasteiger partial charge on any atom is 0.225 e. The van der Waals surface area contributed by atoms with Gasteiger partial charge < -0.3 is 10.1 Å². The molecule has 6 heteroatoms. The predicted octanol–water partition coefficient (Wildman–Crippen LogP) is 3.49. The van der Waals surface area contributed by atoms with Crippen LogP contribution >= 0.6 is 22.9 Å². The molecule has 0 aliphatic heterocycles. The second-order valence-electron chi connectivity index (χ2n) is 4.73. The molecule has 0 aliphatic rings. The summed E-state index contributed by atoms with van der Waals surface area (Å²) < 4.78 is 5.37. The molecule has 0 unspecified atom stereocenters. The summed E-state index contributed by atoms with van der Waals surface area (Å²) in [5.41, 5.74) is -0.255. The molecule has 0 saturated carbocycles. The SMILES string of the molecule is COC(C)(C)CNc1nc(Cl)nc2sc(C)cc12. The van der Waals surface area contributed by atoms with Crippen LogP contribution < -0.4 is 5.32 Å². The molecule has 2 rings (SSSR count). The van der Waals surface area contributed by atoms with Gasteiger partial charge in [0.1, 0.15) is 10.6 Å². The average molecular weight is 286 g/mol. The summed E-state index contributed by atoms with van der Waals surface area (Å²) in [6.45, 7) is 6.72. The van der Waals surface area contributed by atoms with Crippen LogP contribution in [0, 0.1) is 6.92 Å². The van der Waals surface area contributed by atoms with E-state index >= 15 is 0 Å². The van der Waals surface area contributed by atoms with Crippen LogP contribution in [0.2, 0.25) is 5.28 Å². The van der Waals surface area contributed by atoms with Gasteiger partial charge in [0.2, 0.25) is 5.28 Å². The number of halogens is 1. The van der Waals surface area contributed by atoms with E-state index in [1.165, 1.54) is 4.88 Å². The van der Waals surface area contributed by atoms with E-state index in [1.54, 1.807) is 18.4 Å². The summed E-state index contributed by atoms with van der Waals surface area (Å²) in [5, 5.41) is 4.55. The van der Waals surface area contributed by atoms with Crippen molar-refractivity contribution >= 4 is 39.0 Å². The van der Waals surface area contributed by atoms with Crippen LogP contribution in [0.15, 0.2) is 6.07 Å². The maximum absolute atomic E-state index is 5.93. The minimum Gasteiger partial charge on any atom is -0.377 e. The molecule has 0 saturated heterocycles. The number of thiophene rings is 1. The number of aryl methyl sites for hydroxylation is 1. The fourth-order valence-corrected chi connectivity index (χ4v) is 2.62. The summed E-state index contributed by atoms with van der Waals surface area (Å²) in [5.74, 6) is 0.763. The Morgan fingerprint density at radius 2 is 2.17 bits per heavy atom. The van der Waals surface area contributed by atoms with Gasteiger partial charge in [0.05, 0.1) is 11.0 Å². The van der Waals surface area contributed by atoms with Gasteiger partial charge in [-0.3, -0.25) is 0 Å². The fraction of sp³-hybridized carbons (Fsp3) is 0.500. The zero-order chi connectivity index (χ0) is 13.3. The first kappa shape index (κ1) is 13.5.